The Kier molecular flexibility index (Phi) is 26.1. The first-order valence-electron chi connectivity index (χ1n) is 26.7. The van der Waals surface area contributed by atoms with Gasteiger partial charge < -0.3 is 75.4 Å². The van der Waals surface area contributed by atoms with Gasteiger partial charge in [0.2, 0.25) is 65.0 Å². The molecule has 0 bridgehead atoms. The van der Waals surface area contributed by atoms with E-state index < -0.39 is 152 Å². The molecule has 4 aromatic rings. The van der Waals surface area contributed by atoms with Crippen LogP contribution in [0.2, 0.25) is 0 Å². The van der Waals surface area contributed by atoms with Crippen molar-refractivity contribution < 1.29 is 57.5 Å². The number of anilines is 1. The summed E-state index contributed by atoms with van der Waals surface area (Å²) in [5.74, 6) is -10.7. The number of H-pyrrole nitrogens is 2. The maximum atomic E-state index is 14.6. The highest BCUT2D eigenvalue weighted by Gasteiger charge is 2.39. The van der Waals surface area contributed by atoms with Gasteiger partial charge in [-0.2, -0.15) is 11.8 Å². The molecule has 0 saturated heterocycles. The van der Waals surface area contributed by atoms with Crippen molar-refractivity contribution >= 4 is 99.2 Å². The van der Waals surface area contributed by atoms with Gasteiger partial charge in [-0.25, -0.2) is 4.98 Å². The Labute approximate surface area is 483 Å². The summed E-state index contributed by atoms with van der Waals surface area (Å²) < 4.78 is 0. The van der Waals surface area contributed by atoms with Crippen molar-refractivity contribution in [3.8, 4) is 0 Å². The van der Waals surface area contributed by atoms with Crippen molar-refractivity contribution in [2.75, 3.05) is 37.4 Å². The predicted molar refractivity (Wildman–Crippen MR) is 307 cm³/mol. The lowest BCUT2D eigenvalue weighted by Crippen LogP contribution is -2.60. The van der Waals surface area contributed by atoms with E-state index in [0.29, 0.717) is 32.8 Å². The molecule has 2 aromatic heterocycles. The molecule has 0 aliphatic rings. The van der Waals surface area contributed by atoms with Crippen molar-refractivity contribution in [2.45, 2.75) is 115 Å². The average Bonchev–Trinajstić information content (AvgIpc) is 4.19. The van der Waals surface area contributed by atoms with Crippen LogP contribution < -0.4 is 65.5 Å². The minimum absolute atomic E-state index is 0.0992. The first-order chi connectivity index (χ1) is 39.3. The van der Waals surface area contributed by atoms with E-state index in [-0.39, 0.29) is 42.9 Å². The number of aromatic nitrogens is 3. The molecule has 450 valence electrons. The average molecular weight is 1170 g/mol. The van der Waals surface area contributed by atoms with Crippen LogP contribution in [0, 0.1) is 11.8 Å². The molecule has 4 rings (SSSR count). The third-order valence-electron chi connectivity index (χ3n) is 12.9. The number of hydrogen-bond acceptors (Lipinski definition) is 16. The van der Waals surface area contributed by atoms with E-state index in [2.05, 4.69) is 57.5 Å². The first-order valence-corrected chi connectivity index (χ1v) is 28.1. The van der Waals surface area contributed by atoms with Crippen LogP contribution in [0.15, 0.2) is 67.3 Å². The summed E-state index contributed by atoms with van der Waals surface area (Å²) in [5, 5.41) is 21.0. The van der Waals surface area contributed by atoms with Gasteiger partial charge in [0.05, 0.1) is 26.0 Å². The molecule has 0 aliphatic carbocycles. The van der Waals surface area contributed by atoms with Crippen molar-refractivity contribution in [3.05, 3.63) is 84.1 Å². The number of hydrogen-bond donors (Lipinski definition) is 14. The number of imide groups is 1. The van der Waals surface area contributed by atoms with Crippen molar-refractivity contribution in [2.24, 2.45) is 29.0 Å². The van der Waals surface area contributed by atoms with Gasteiger partial charge >= 0.3 is 0 Å². The Hall–Kier alpha value is -8.86. The lowest BCUT2D eigenvalue weighted by atomic mass is 10.0. The molecule has 29 heteroatoms. The van der Waals surface area contributed by atoms with Gasteiger partial charge in [0.25, 0.3) is 5.91 Å². The number of nitrogen functional groups attached to an aromatic ring is 1. The Morgan fingerprint density at radius 2 is 1.30 bits per heavy atom. The lowest BCUT2D eigenvalue weighted by molar-refractivity contribution is -0.139. The van der Waals surface area contributed by atoms with Gasteiger partial charge in [-0.05, 0) is 85.9 Å². The molecule has 18 N–H and O–H groups in total. The molecule has 28 nitrogen and oxygen atoms in total. The molecule has 2 aromatic carbocycles. The van der Waals surface area contributed by atoms with Crippen LogP contribution in [0.25, 0.3) is 10.9 Å². The van der Waals surface area contributed by atoms with Crippen molar-refractivity contribution in [1.82, 2.24) is 62.4 Å². The second-order valence-electron chi connectivity index (χ2n) is 20.3. The van der Waals surface area contributed by atoms with Gasteiger partial charge in [0, 0.05) is 59.5 Å². The van der Waals surface area contributed by atoms with Gasteiger partial charge in [-0.3, -0.25) is 62.4 Å². The number of para-hydroxylation sites is 1. The second-order valence-corrected chi connectivity index (χ2v) is 21.3. The molecule has 0 radical (unpaired) electrons. The summed E-state index contributed by atoms with van der Waals surface area (Å²) in [7, 11) is 0. The molecule has 0 fully saturated rings. The number of benzene rings is 2. The summed E-state index contributed by atoms with van der Waals surface area (Å²) in [4.78, 5) is 173. The highest BCUT2D eigenvalue weighted by atomic mass is 32.2. The molecular formula is C54H76N16O12S. The molecule has 0 aliphatic heterocycles. The number of carbonyl (C=O) groups excluding carboxylic acids is 12. The van der Waals surface area contributed by atoms with Crippen LogP contribution in [0.5, 0.6) is 0 Å². The molecule has 83 heavy (non-hydrogen) atoms. The SMILES string of the molecule is CSCC[C@H](NC(=O)[C@H](CC(C)C)NC(=O)[C@H](Cc1cnc[nH]1)NC(=O)CNC(=O)[C@@H](NC(=O)[C@H](C)NC(=O)[C@H](Cc1c[nH]c2ccccc12)NC(=O)[C@H](CCC(N)=O)N(C(=O)CNC(=O)CN)C(=O)c1ccc(N)cc1)C(C)C)C(N)=O. The van der Waals surface area contributed by atoms with Crippen LogP contribution in [0.1, 0.15) is 81.9 Å². The number of amides is 12. The smallest absolute Gasteiger partial charge is 0.261 e. The maximum absolute atomic E-state index is 14.6. The zero-order chi connectivity index (χ0) is 61.5. The van der Waals surface area contributed by atoms with Crippen molar-refractivity contribution in [1.29, 1.82) is 0 Å². The number of nitrogens with zero attached hydrogens (tertiary/aromatic N) is 2. The lowest BCUT2D eigenvalue weighted by Gasteiger charge is -2.31. The largest absolute Gasteiger partial charge is 0.399 e. The fourth-order valence-electron chi connectivity index (χ4n) is 8.49. The zero-order valence-corrected chi connectivity index (χ0v) is 47.9. The summed E-state index contributed by atoms with van der Waals surface area (Å²) in [6.07, 6.45) is 5.24. The highest BCUT2D eigenvalue weighted by molar-refractivity contribution is 7.98. The number of primary amides is 2. The quantitative estimate of drug-likeness (QED) is 0.0222. The molecule has 12 amide bonds. The second kappa shape index (κ2) is 32.5. The Morgan fingerprint density at radius 3 is 1.92 bits per heavy atom. The number of carbonyl (C=O) groups is 12. The summed E-state index contributed by atoms with van der Waals surface area (Å²) >= 11 is 1.46. The van der Waals surface area contributed by atoms with Gasteiger partial charge in [-0.1, -0.05) is 45.9 Å². The molecule has 0 spiro atoms. The third kappa shape index (κ3) is 20.9. The standard InChI is InChI=1S/C54H76N16O12S/c1-28(2)19-38(50(78)66-37(47(58)75)17-18-83-6)67-51(79)40(21-34-24-59-27-63-34)65-44(73)25-62-53(81)46(29(3)4)69-48(76)30(5)64-49(77)39(20-32-23-60-36-10-8-7-9-35(32)36)68-52(80)41(15-16-42(57)71)70(45(74)26-61-43(72)22-55)54(82)31-11-13-33(56)14-12-31/h7-14,23-24,27-30,37-41,46,60H,15-22,25-26,55-56H2,1-6H3,(H2,57,71)(H2,58,75)(H,59,63)(H,61,72)(H,62,81)(H,64,77)(H,65,73)(H,66,78)(H,67,79)(H,68,80)(H,69,76)/t30-,37-,38-,39-,40-,41-,46-/m0/s1. The monoisotopic (exact) mass is 1170 g/mol. The van der Waals surface area contributed by atoms with Crippen LogP contribution in [-0.2, 0) is 65.6 Å². The first kappa shape index (κ1) is 66.7. The number of rotatable bonds is 33. The van der Waals surface area contributed by atoms with Crippen LogP contribution in [0.3, 0.4) is 0 Å². The number of nitrogens with two attached hydrogens (primary N) is 4. The third-order valence-corrected chi connectivity index (χ3v) is 13.6. The van der Waals surface area contributed by atoms with E-state index in [1.165, 1.54) is 55.5 Å². The summed E-state index contributed by atoms with van der Waals surface area (Å²) in [5.41, 5.74) is 24.1. The van der Waals surface area contributed by atoms with E-state index in [1.54, 1.807) is 44.3 Å². The van der Waals surface area contributed by atoms with Gasteiger partial charge in [0.15, 0.2) is 0 Å². The molecule has 0 unspecified atom stereocenters. The number of aromatic amines is 2. The van der Waals surface area contributed by atoms with Gasteiger partial charge in [-0.15, -0.1) is 0 Å². The minimum atomic E-state index is -1.82. The normalized spacial score (nSPS) is 13.7. The fourth-order valence-corrected chi connectivity index (χ4v) is 8.96. The highest BCUT2D eigenvalue weighted by Crippen LogP contribution is 2.21. The number of thioether (sulfide) groups is 1. The number of nitrogens with one attached hydrogen (secondary N) is 10. The zero-order valence-electron chi connectivity index (χ0n) is 47.1. The molecular weight excluding hydrogens is 1100 g/mol. The fraction of sp³-hybridized carbons (Fsp3) is 0.463. The topological polar surface area (TPSA) is 453 Å². The minimum Gasteiger partial charge on any atom is -0.399 e. The van der Waals surface area contributed by atoms with E-state index in [0.717, 1.165) is 0 Å². The summed E-state index contributed by atoms with van der Waals surface area (Å²) in [6.45, 7) is 6.18. The predicted octanol–water partition coefficient (Wildman–Crippen LogP) is -2.38. The van der Waals surface area contributed by atoms with Crippen LogP contribution >= 0.6 is 11.8 Å². The molecule has 2 heterocycles. The van der Waals surface area contributed by atoms with Crippen molar-refractivity contribution in [3.63, 3.8) is 0 Å². The van der Waals surface area contributed by atoms with Crippen LogP contribution in [0.4, 0.5) is 5.69 Å². The Morgan fingerprint density at radius 1 is 0.663 bits per heavy atom. The molecule has 0 saturated carbocycles. The van der Waals surface area contributed by atoms with E-state index >= 15 is 0 Å². The van der Waals surface area contributed by atoms with Gasteiger partial charge in [0.1, 0.15) is 42.3 Å². The molecule has 7 atom stereocenters. The van der Waals surface area contributed by atoms with E-state index in [9.17, 15) is 57.5 Å². The Bertz CT molecular complexity index is 2930. The maximum Gasteiger partial charge on any atom is 0.261 e. The number of imidazole rings is 1. The van der Waals surface area contributed by atoms with E-state index in [4.69, 9.17) is 22.9 Å². The summed E-state index contributed by atoms with van der Waals surface area (Å²) in [6, 6.07) is 2.85. The van der Waals surface area contributed by atoms with E-state index in [1.807, 2.05) is 20.1 Å². The number of fused-ring (bicyclic) bond motifs is 1. The Balaban J connectivity index is 1.54. The van der Waals surface area contributed by atoms with Crippen LogP contribution in [-0.4, -0.2) is 165 Å².